The van der Waals surface area contributed by atoms with E-state index in [9.17, 15) is 19.2 Å². The van der Waals surface area contributed by atoms with Gasteiger partial charge in [0.05, 0.1) is 36.3 Å². The Hall–Kier alpha value is -4.06. The van der Waals surface area contributed by atoms with Crippen LogP contribution in [0.25, 0.3) is 11.0 Å². The van der Waals surface area contributed by atoms with Crippen molar-refractivity contribution in [3.8, 4) is 11.5 Å². The number of hydrogen-bond acceptors (Lipinski definition) is 9. The largest absolute Gasteiger partial charge is 0.490 e. The van der Waals surface area contributed by atoms with Gasteiger partial charge in [0, 0.05) is 6.07 Å². The van der Waals surface area contributed by atoms with Crippen LogP contribution in [0.3, 0.4) is 0 Å². The third kappa shape index (κ3) is 4.92. The second-order valence-electron chi connectivity index (χ2n) is 7.63. The van der Waals surface area contributed by atoms with Gasteiger partial charge in [-0.15, -0.1) is 0 Å². The van der Waals surface area contributed by atoms with Gasteiger partial charge in [-0.1, -0.05) is 19.9 Å². The summed E-state index contributed by atoms with van der Waals surface area (Å²) in [5, 5.41) is 2.62. The molecule has 0 unspecified atom stereocenters. The van der Waals surface area contributed by atoms with E-state index in [0.717, 1.165) is 29.5 Å². The Labute approximate surface area is 204 Å². The summed E-state index contributed by atoms with van der Waals surface area (Å²) in [6.07, 6.45) is 1.53. The molecule has 2 heterocycles. The van der Waals surface area contributed by atoms with Gasteiger partial charge in [-0.3, -0.25) is 14.4 Å². The highest BCUT2D eigenvalue weighted by molar-refractivity contribution is 7.00. The fourth-order valence-electron chi connectivity index (χ4n) is 3.40. The summed E-state index contributed by atoms with van der Waals surface area (Å²) < 4.78 is 19.6. The highest BCUT2D eigenvalue weighted by Crippen LogP contribution is 2.34. The molecule has 1 fully saturated rings. The molecule has 1 saturated heterocycles. The molecule has 0 aliphatic carbocycles. The van der Waals surface area contributed by atoms with Crippen LogP contribution in [0.4, 0.5) is 16.2 Å². The minimum absolute atomic E-state index is 0.143. The van der Waals surface area contributed by atoms with Gasteiger partial charge in [0.15, 0.2) is 11.5 Å². The number of imide groups is 2. The van der Waals surface area contributed by atoms with Crippen LogP contribution >= 0.6 is 11.7 Å². The summed E-state index contributed by atoms with van der Waals surface area (Å²) >= 11 is 0.997. The number of fused-ring (bicyclic) bond motifs is 1. The van der Waals surface area contributed by atoms with Crippen molar-refractivity contribution in [3.63, 3.8) is 0 Å². The maximum atomic E-state index is 13.0. The van der Waals surface area contributed by atoms with E-state index in [1.807, 2.05) is 13.8 Å². The Morgan fingerprint density at radius 2 is 1.71 bits per heavy atom. The molecule has 3 aromatic rings. The molecule has 0 atom stereocenters. The number of nitrogens with one attached hydrogen (secondary N) is 1. The lowest BCUT2D eigenvalue weighted by molar-refractivity contribution is -0.140. The molecule has 35 heavy (non-hydrogen) atoms. The van der Waals surface area contributed by atoms with Gasteiger partial charge in [-0.2, -0.15) is 8.75 Å². The second-order valence-corrected chi connectivity index (χ2v) is 8.16. The molecule has 0 saturated carbocycles. The van der Waals surface area contributed by atoms with Crippen LogP contribution < -0.4 is 19.7 Å². The number of rotatable bonds is 10. The standard InChI is InChI=1S/C23H23N5O6S/c1-3-10-33-17-9-8-14(12-18(17)34-11-4-2)28-22(31)21(30)27(23(28)32)13-19(29)24-15-6-5-7-16-20(15)26-35-25-16/h5-9,12H,3-4,10-11,13H2,1-2H3,(H,24,29). The van der Waals surface area contributed by atoms with E-state index >= 15 is 0 Å². The zero-order valence-electron chi connectivity index (χ0n) is 19.1. The van der Waals surface area contributed by atoms with E-state index in [1.165, 1.54) is 12.1 Å². The van der Waals surface area contributed by atoms with Crippen molar-refractivity contribution in [2.45, 2.75) is 26.7 Å². The molecule has 5 amide bonds. The highest BCUT2D eigenvalue weighted by Gasteiger charge is 2.46. The molecule has 0 bridgehead atoms. The number of carbonyl (C=O) groups excluding carboxylic acids is 4. The van der Waals surface area contributed by atoms with Crippen LogP contribution in [-0.4, -0.2) is 57.2 Å². The first-order chi connectivity index (χ1) is 16.9. The Bertz CT molecular complexity index is 1290. The first kappa shape index (κ1) is 24.1. The topological polar surface area (TPSA) is 131 Å². The molecule has 2 aromatic carbocycles. The van der Waals surface area contributed by atoms with Gasteiger partial charge < -0.3 is 14.8 Å². The molecule has 4 rings (SSSR count). The zero-order valence-corrected chi connectivity index (χ0v) is 20.0. The van der Waals surface area contributed by atoms with Gasteiger partial charge in [0.25, 0.3) is 0 Å². The summed E-state index contributed by atoms with van der Waals surface area (Å²) in [6, 6.07) is 8.70. The molecular weight excluding hydrogens is 474 g/mol. The number of anilines is 2. The van der Waals surface area contributed by atoms with Crippen molar-refractivity contribution in [2.24, 2.45) is 0 Å². The molecule has 0 spiro atoms. The van der Waals surface area contributed by atoms with Crippen molar-refractivity contribution < 1.29 is 28.7 Å². The number of nitrogens with zero attached hydrogens (tertiary/aromatic N) is 4. The average molecular weight is 498 g/mol. The minimum Gasteiger partial charge on any atom is -0.490 e. The van der Waals surface area contributed by atoms with Gasteiger partial charge in [0.2, 0.25) is 5.91 Å². The molecular formula is C23H23N5O6S. The van der Waals surface area contributed by atoms with Gasteiger partial charge >= 0.3 is 17.8 Å². The van der Waals surface area contributed by atoms with Crippen LogP contribution in [0.15, 0.2) is 36.4 Å². The van der Waals surface area contributed by atoms with E-state index < -0.39 is 30.3 Å². The van der Waals surface area contributed by atoms with E-state index in [0.29, 0.717) is 46.3 Å². The van der Waals surface area contributed by atoms with Crippen molar-refractivity contribution in [3.05, 3.63) is 36.4 Å². The van der Waals surface area contributed by atoms with Crippen LogP contribution in [-0.2, 0) is 14.4 Å². The number of amides is 5. The van der Waals surface area contributed by atoms with Crippen molar-refractivity contribution >= 4 is 57.9 Å². The number of aromatic nitrogens is 2. The quantitative estimate of drug-likeness (QED) is 0.334. The third-order valence-electron chi connectivity index (χ3n) is 5.02. The molecule has 0 radical (unpaired) electrons. The van der Waals surface area contributed by atoms with Crippen molar-refractivity contribution in [1.82, 2.24) is 13.6 Å². The molecule has 1 aromatic heterocycles. The maximum absolute atomic E-state index is 13.0. The lowest BCUT2D eigenvalue weighted by Crippen LogP contribution is -2.39. The first-order valence-electron chi connectivity index (χ1n) is 11.0. The Kier molecular flexibility index (Phi) is 7.20. The summed E-state index contributed by atoms with van der Waals surface area (Å²) in [5.74, 6) is -1.99. The molecule has 1 N–H and O–H groups in total. The SMILES string of the molecule is CCCOc1ccc(N2C(=O)C(=O)N(CC(=O)Nc3cccc4nsnc34)C2=O)cc1OCCC. The van der Waals surface area contributed by atoms with Crippen LogP contribution in [0, 0.1) is 0 Å². The fourth-order valence-corrected chi connectivity index (χ4v) is 3.95. The second kappa shape index (κ2) is 10.5. The first-order valence-corrected chi connectivity index (χ1v) is 11.8. The van der Waals surface area contributed by atoms with Crippen LogP contribution in [0.5, 0.6) is 11.5 Å². The highest BCUT2D eigenvalue weighted by atomic mass is 32.1. The predicted octanol–water partition coefficient (Wildman–Crippen LogP) is 3.20. The molecule has 182 valence electrons. The lowest BCUT2D eigenvalue weighted by atomic mass is 10.2. The summed E-state index contributed by atoms with van der Waals surface area (Å²) in [6.45, 7) is 4.14. The van der Waals surface area contributed by atoms with Crippen LogP contribution in [0.1, 0.15) is 26.7 Å². The minimum atomic E-state index is -1.10. The predicted molar refractivity (Wildman–Crippen MR) is 129 cm³/mol. The normalized spacial score (nSPS) is 13.6. The van der Waals surface area contributed by atoms with Gasteiger partial charge in [-0.25, -0.2) is 14.6 Å². The number of carbonyl (C=O) groups is 4. The smallest absolute Gasteiger partial charge is 0.339 e. The molecule has 1 aliphatic rings. The average Bonchev–Trinajstić information content (AvgIpc) is 3.41. The number of ether oxygens (including phenoxy) is 2. The Balaban J connectivity index is 1.52. The number of hydrogen-bond donors (Lipinski definition) is 1. The molecule has 12 heteroatoms. The van der Waals surface area contributed by atoms with Crippen molar-refractivity contribution in [2.75, 3.05) is 30.0 Å². The van der Waals surface area contributed by atoms with E-state index in [1.54, 1.807) is 24.3 Å². The van der Waals surface area contributed by atoms with Crippen LogP contribution in [0.2, 0.25) is 0 Å². The molecule has 11 nitrogen and oxygen atoms in total. The zero-order chi connectivity index (χ0) is 24.9. The number of urea groups is 1. The molecule has 1 aliphatic heterocycles. The maximum Gasteiger partial charge on any atom is 0.339 e. The lowest BCUT2D eigenvalue weighted by Gasteiger charge is -2.18. The summed E-state index contributed by atoms with van der Waals surface area (Å²) in [7, 11) is 0. The van der Waals surface area contributed by atoms with E-state index in [2.05, 4.69) is 14.1 Å². The fraction of sp³-hybridized carbons (Fsp3) is 0.304. The van der Waals surface area contributed by atoms with Gasteiger partial charge in [-0.05, 0) is 37.1 Å². The Morgan fingerprint density at radius 1 is 0.971 bits per heavy atom. The monoisotopic (exact) mass is 497 g/mol. The summed E-state index contributed by atoms with van der Waals surface area (Å²) in [5.41, 5.74) is 1.64. The van der Waals surface area contributed by atoms with E-state index in [-0.39, 0.29) is 5.69 Å². The van der Waals surface area contributed by atoms with Crippen molar-refractivity contribution in [1.29, 1.82) is 0 Å². The number of benzene rings is 2. The third-order valence-corrected chi connectivity index (χ3v) is 5.57. The summed E-state index contributed by atoms with van der Waals surface area (Å²) in [4.78, 5) is 52.2. The van der Waals surface area contributed by atoms with E-state index in [4.69, 9.17) is 9.47 Å². The van der Waals surface area contributed by atoms with Gasteiger partial charge in [0.1, 0.15) is 17.6 Å². The Morgan fingerprint density at radius 3 is 2.46 bits per heavy atom.